The van der Waals surface area contributed by atoms with Gasteiger partial charge in [-0.15, -0.1) is 10.2 Å². The quantitative estimate of drug-likeness (QED) is 0.721. The Morgan fingerprint density at radius 2 is 2.20 bits per heavy atom. The Morgan fingerprint density at radius 1 is 1.30 bits per heavy atom. The summed E-state index contributed by atoms with van der Waals surface area (Å²) < 4.78 is 5.30. The van der Waals surface area contributed by atoms with Gasteiger partial charge in [0.1, 0.15) is 10.3 Å². The highest BCUT2D eigenvalue weighted by atomic mass is 32.1. The Balaban J connectivity index is 1.51. The molecule has 0 amide bonds. The fourth-order valence-corrected chi connectivity index (χ4v) is 3.53. The van der Waals surface area contributed by atoms with Crippen molar-refractivity contribution in [3.8, 4) is 0 Å². The summed E-state index contributed by atoms with van der Waals surface area (Å²) in [6.45, 7) is 1.93. The molecule has 102 valence electrons. The van der Waals surface area contributed by atoms with Crippen molar-refractivity contribution in [2.75, 3.05) is 18.0 Å². The molecule has 1 fully saturated rings. The van der Waals surface area contributed by atoms with Gasteiger partial charge in [0.25, 0.3) is 0 Å². The van der Waals surface area contributed by atoms with Crippen molar-refractivity contribution in [3.05, 3.63) is 30.6 Å². The fourth-order valence-electron chi connectivity index (χ4n) is 2.57. The molecule has 0 radical (unpaired) electrons. The minimum absolute atomic E-state index is 0.376. The molecule has 1 aliphatic heterocycles. The molecule has 4 heterocycles. The van der Waals surface area contributed by atoms with Gasteiger partial charge in [0, 0.05) is 25.2 Å². The highest BCUT2D eigenvalue weighted by Gasteiger charge is 2.25. The van der Waals surface area contributed by atoms with Gasteiger partial charge in [0.2, 0.25) is 12.3 Å². The van der Waals surface area contributed by atoms with Gasteiger partial charge in [-0.1, -0.05) is 11.3 Å². The monoisotopic (exact) mass is 287 g/mol. The van der Waals surface area contributed by atoms with E-state index in [0.29, 0.717) is 5.92 Å². The third-order valence-corrected chi connectivity index (χ3v) is 4.69. The van der Waals surface area contributed by atoms with Crippen molar-refractivity contribution in [2.45, 2.75) is 18.8 Å². The molecular weight excluding hydrogens is 274 g/mol. The molecule has 1 aliphatic rings. The zero-order chi connectivity index (χ0) is 13.4. The second kappa shape index (κ2) is 4.82. The Morgan fingerprint density at radius 3 is 2.95 bits per heavy atom. The Bertz CT molecular complexity index is 669. The van der Waals surface area contributed by atoms with E-state index in [4.69, 9.17) is 4.42 Å². The molecule has 20 heavy (non-hydrogen) atoms. The number of hydrogen-bond donors (Lipinski definition) is 0. The van der Waals surface area contributed by atoms with Crippen molar-refractivity contribution in [1.82, 2.24) is 20.2 Å². The minimum atomic E-state index is 0.376. The van der Waals surface area contributed by atoms with Gasteiger partial charge in [-0.2, -0.15) is 0 Å². The summed E-state index contributed by atoms with van der Waals surface area (Å²) in [5, 5.41) is 8.83. The van der Waals surface area contributed by atoms with Crippen LogP contribution in [0.4, 0.5) is 5.13 Å². The van der Waals surface area contributed by atoms with Crippen LogP contribution in [-0.4, -0.2) is 33.3 Å². The van der Waals surface area contributed by atoms with Gasteiger partial charge < -0.3 is 9.32 Å². The number of fused-ring (bicyclic) bond motifs is 1. The van der Waals surface area contributed by atoms with Crippen LogP contribution in [0.1, 0.15) is 24.7 Å². The normalized spacial score (nSPS) is 16.9. The van der Waals surface area contributed by atoms with Gasteiger partial charge in [0.15, 0.2) is 5.13 Å². The van der Waals surface area contributed by atoms with Crippen LogP contribution in [0.5, 0.6) is 0 Å². The maximum atomic E-state index is 5.30. The molecule has 0 saturated carbocycles. The van der Waals surface area contributed by atoms with Crippen LogP contribution in [0.3, 0.4) is 0 Å². The maximum Gasteiger partial charge on any atom is 0.219 e. The Labute approximate surface area is 119 Å². The van der Waals surface area contributed by atoms with E-state index in [-0.39, 0.29) is 0 Å². The van der Waals surface area contributed by atoms with Gasteiger partial charge in [-0.25, -0.2) is 9.97 Å². The molecule has 0 N–H and O–H groups in total. The van der Waals surface area contributed by atoms with E-state index < -0.39 is 0 Å². The van der Waals surface area contributed by atoms with Gasteiger partial charge in [0.05, 0.1) is 0 Å². The zero-order valence-electron chi connectivity index (χ0n) is 10.8. The van der Waals surface area contributed by atoms with Crippen LogP contribution in [0, 0.1) is 0 Å². The molecule has 3 aromatic rings. The zero-order valence-corrected chi connectivity index (χ0v) is 11.6. The Hall–Kier alpha value is -2.02. The van der Waals surface area contributed by atoms with Gasteiger partial charge in [-0.3, -0.25) is 0 Å². The van der Waals surface area contributed by atoms with Crippen LogP contribution >= 0.6 is 11.3 Å². The smallest absolute Gasteiger partial charge is 0.219 e. The molecule has 1 saturated heterocycles. The second-order valence-corrected chi connectivity index (χ2v) is 5.82. The van der Waals surface area contributed by atoms with Crippen LogP contribution in [0.25, 0.3) is 10.3 Å². The largest absolute Gasteiger partial charge is 0.428 e. The first-order valence-corrected chi connectivity index (χ1v) is 7.44. The van der Waals surface area contributed by atoms with E-state index >= 15 is 0 Å². The lowest BCUT2D eigenvalue weighted by atomic mass is 9.97. The van der Waals surface area contributed by atoms with Crippen molar-refractivity contribution in [1.29, 1.82) is 0 Å². The first kappa shape index (κ1) is 11.8. The lowest BCUT2D eigenvalue weighted by Gasteiger charge is -2.29. The summed E-state index contributed by atoms with van der Waals surface area (Å²) in [6.07, 6.45) is 5.25. The average Bonchev–Trinajstić information content (AvgIpc) is 3.17. The number of aromatic nitrogens is 4. The maximum absolute atomic E-state index is 5.30. The molecule has 0 atom stereocenters. The SMILES string of the molecule is c1cnc2sc(N3CCC(c4nnco4)CC3)nc2c1. The first-order valence-electron chi connectivity index (χ1n) is 6.63. The second-order valence-electron chi connectivity index (χ2n) is 4.86. The third kappa shape index (κ3) is 2.03. The number of anilines is 1. The highest BCUT2D eigenvalue weighted by molar-refractivity contribution is 7.21. The standard InChI is InChI=1S/C13H13N5OS/c1-2-10-12(14-5-1)20-13(16-10)18-6-3-9(4-7-18)11-17-15-8-19-11/h1-2,5,8-9H,3-4,6-7H2. The predicted octanol–water partition coefficient (Wildman–Crippen LogP) is 2.46. The molecule has 0 bridgehead atoms. The van der Waals surface area contributed by atoms with Gasteiger partial charge in [-0.05, 0) is 25.0 Å². The van der Waals surface area contributed by atoms with E-state index in [0.717, 1.165) is 47.3 Å². The summed E-state index contributed by atoms with van der Waals surface area (Å²) in [6, 6.07) is 3.93. The van der Waals surface area contributed by atoms with Crippen molar-refractivity contribution in [2.24, 2.45) is 0 Å². The molecule has 6 nitrogen and oxygen atoms in total. The van der Waals surface area contributed by atoms with Crippen LogP contribution in [0.15, 0.2) is 29.1 Å². The van der Waals surface area contributed by atoms with Crippen molar-refractivity contribution >= 4 is 26.8 Å². The van der Waals surface area contributed by atoms with E-state index in [1.807, 2.05) is 18.3 Å². The van der Waals surface area contributed by atoms with Crippen molar-refractivity contribution in [3.63, 3.8) is 0 Å². The summed E-state index contributed by atoms with van der Waals surface area (Å²) in [5.74, 6) is 1.14. The highest BCUT2D eigenvalue weighted by Crippen LogP contribution is 2.32. The van der Waals surface area contributed by atoms with E-state index in [2.05, 4.69) is 25.1 Å². The minimum Gasteiger partial charge on any atom is -0.428 e. The molecule has 0 unspecified atom stereocenters. The summed E-state index contributed by atoms with van der Waals surface area (Å²) >= 11 is 1.65. The van der Waals surface area contributed by atoms with Crippen LogP contribution in [-0.2, 0) is 0 Å². The number of nitrogens with zero attached hydrogens (tertiary/aromatic N) is 5. The molecule has 7 heteroatoms. The summed E-state index contributed by atoms with van der Waals surface area (Å²) in [7, 11) is 0. The summed E-state index contributed by atoms with van der Waals surface area (Å²) in [5.41, 5.74) is 0.978. The number of thiazole rings is 1. The molecule has 4 rings (SSSR count). The van der Waals surface area contributed by atoms with Crippen LogP contribution in [0.2, 0.25) is 0 Å². The summed E-state index contributed by atoms with van der Waals surface area (Å²) in [4.78, 5) is 12.3. The Kier molecular flexibility index (Phi) is 2.84. The topological polar surface area (TPSA) is 67.9 Å². The van der Waals surface area contributed by atoms with Gasteiger partial charge >= 0.3 is 0 Å². The number of hydrogen-bond acceptors (Lipinski definition) is 7. The molecule has 3 aromatic heterocycles. The molecular formula is C13H13N5OS. The lowest BCUT2D eigenvalue weighted by molar-refractivity contribution is 0.393. The third-order valence-electron chi connectivity index (χ3n) is 3.65. The number of pyridine rings is 1. The van der Waals surface area contributed by atoms with E-state index in [1.165, 1.54) is 6.39 Å². The molecule has 0 aliphatic carbocycles. The predicted molar refractivity (Wildman–Crippen MR) is 75.9 cm³/mol. The fraction of sp³-hybridized carbons (Fsp3) is 0.385. The first-order chi connectivity index (χ1) is 9.90. The number of rotatable bonds is 2. The van der Waals surface area contributed by atoms with Crippen molar-refractivity contribution < 1.29 is 4.42 Å². The lowest BCUT2D eigenvalue weighted by Crippen LogP contribution is -2.32. The average molecular weight is 287 g/mol. The molecule has 0 aromatic carbocycles. The van der Waals surface area contributed by atoms with E-state index in [1.54, 1.807) is 11.3 Å². The number of piperidine rings is 1. The molecule has 0 spiro atoms. The van der Waals surface area contributed by atoms with Crippen LogP contribution < -0.4 is 4.90 Å². The van der Waals surface area contributed by atoms with E-state index in [9.17, 15) is 0 Å².